The summed E-state index contributed by atoms with van der Waals surface area (Å²) < 4.78 is 0. The van der Waals surface area contributed by atoms with Crippen LogP contribution in [0, 0.1) is 13.8 Å². The van der Waals surface area contributed by atoms with Crippen LogP contribution in [0.1, 0.15) is 22.8 Å². The standard InChI is InChI=1S/C10H14O2/c1-7-3-4-8(2)9(5-7)10(12)6-11/h3-5,10-12H,6H2,1-2H3. The third kappa shape index (κ3) is 1.84. The van der Waals surface area contributed by atoms with E-state index in [4.69, 9.17) is 5.11 Å². The molecule has 1 unspecified atom stereocenters. The Morgan fingerprint density at radius 3 is 2.58 bits per heavy atom. The van der Waals surface area contributed by atoms with Crippen LogP contribution < -0.4 is 0 Å². The quantitative estimate of drug-likeness (QED) is 0.695. The van der Waals surface area contributed by atoms with Gasteiger partial charge in [-0.3, -0.25) is 0 Å². The van der Waals surface area contributed by atoms with E-state index < -0.39 is 6.10 Å². The number of aliphatic hydroxyl groups excluding tert-OH is 2. The van der Waals surface area contributed by atoms with Crippen LogP contribution in [-0.4, -0.2) is 16.8 Å². The van der Waals surface area contributed by atoms with Crippen molar-refractivity contribution in [1.29, 1.82) is 0 Å². The van der Waals surface area contributed by atoms with Gasteiger partial charge in [0.15, 0.2) is 0 Å². The molecule has 0 spiro atoms. The molecule has 0 heterocycles. The fourth-order valence-electron chi connectivity index (χ4n) is 1.22. The molecule has 0 saturated heterocycles. The van der Waals surface area contributed by atoms with E-state index in [2.05, 4.69) is 0 Å². The van der Waals surface area contributed by atoms with E-state index in [1.165, 1.54) is 0 Å². The van der Waals surface area contributed by atoms with Gasteiger partial charge >= 0.3 is 0 Å². The summed E-state index contributed by atoms with van der Waals surface area (Å²) in [5.74, 6) is 0. The van der Waals surface area contributed by atoms with Crippen LogP contribution in [0.5, 0.6) is 0 Å². The molecule has 0 aliphatic carbocycles. The first-order valence-corrected chi connectivity index (χ1v) is 4.01. The monoisotopic (exact) mass is 166 g/mol. The lowest BCUT2D eigenvalue weighted by atomic mass is 10.0. The summed E-state index contributed by atoms with van der Waals surface area (Å²) in [6, 6.07) is 5.84. The summed E-state index contributed by atoms with van der Waals surface area (Å²) in [5, 5.41) is 18.1. The number of hydrogen-bond donors (Lipinski definition) is 2. The lowest BCUT2D eigenvalue weighted by Crippen LogP contribution is -2.04. The highest BCUT2D eigenvalue weighted by Crippen LogP contribution is 2.18. The highest BCUT2D eigenvalue weighted by molar-refractivity contribution is 5.32. The molecule has 0 fully saturated rings. The molecule has 0 aliphatic rings. The number of benzene rings is 1. The molecule has 0 saturated carbocycles. The smallest absolute Gasteiger partial charge is 0.102 e. The van der Waals surface area contributed by atoms with Crippen molar-refractivity contribution in [3.8, 4) is 0 Å². The minimum Gasteiger partial charge on any atom is -0.393 e. The zero-order chi connectivity index (χ0) is 9.14. The lowest BCUT2D eigenvalue weighted by Gasteiger charge is -2.11. The van der Waals surface area contributed by atoms with E-state index >= 15 is 0 Å². The van der Waals surface area contributed by atoms with Crippen LogP contribution in [0.4, 0.5) is 0 Å². The van der Waals surface area contributed by atoms with Crippen molar-refractivity contribution in [1.82, 2.24) is 0 Å². The Morgan fingerprint density at radius 2 is 2.00 bits per heavy atom. The van der Waals surface area contributed by atoms with E-state index in [9.17, 15) is 5.11 Å². The maximum atomic E-state index is 9.38. The SMILES string of the molecule is Cc1ccc(C)c(C(O)CO)c1. The molecule has 2 nitrogen and oxygen atoms in total. The van der Waals surface area contributed by atoms with Gasteiger partial charge in [-0.2, -0.15) is 0 Å². The van der Waals surface area contributed by atoms with Crippen molar-refractivity contribution in [3.05, 3.63) is 34.9 Å². The molecule has 0 amide bonds. The topological polar surface area (TPSA) is 40.5 Å². The van der Waals surface area contributed by atoms with Gasteiger partial charge in [-0.05, 0) is 25.0 Å². The van der Waals surface area contributed by atoms with Gasteiger partial charge in [0.05, 0.1) is 6.61 Å². The Kier molecular flexibility index (Phi) is 2.84. The van der Waals surface area contributed by atoms with Gasteiger partial charge in [0, 0.05) is 0 Å². The van der Waals surface area contributed by atoms with Crippen molar-refractivity contribution in [2.45, 2.75) is 20.0 Å². The van der Waals surface area contributed by atoms with Crippen molar-refractivity contribution in [3.63, 3.8) is 0 Å². The average Bonchev–Trinajstić information content (AvgIpc) is 2.08. The van der Waals surface area contributed by atoms with Gasteiger partial charge in [-0.1, -0.05) is 23.8 Å². The third-order valence-electron chi connectivity index (χ3n) is 1.97. The predicted molar refractivity (Wildman–Crippen MR) is 48.0 cm³/mol. The molecule has 0 aromatic heterocycles. The number of hydrogen-bond acceptors (Lipinski definition) is 2. The summed E-state index contributed by atoms with van der Waals surface area (Å²) in [6.45, 7) is 3.67. The van der Waals surface area contributed by atoms with Gasteiger partial charge in [0.2, 0.25) is 0 Å². The fraction of sp³-hybridized carbons (Fsp3) is 0.400. The normalized spacial score (nSPS) is 13.0. The summed E-state index contributed by atoms with van der Waals surface area (Å²) in [6.07, 6.45) is -0.745. The molecule has 1 rings (SSSR count). The summed E-state index contributed by atoms with van der Waals surface area (Å²) in [4.78, 5) is 0. The second kappa shape index (κ2) is 3.70. The largest absolute Gasteiger partial charge is 0.393 e. The molecule has 1 aromatic carbocycles. The average molecular weight is 166 g/mol. The lowest BCUT2D eigenvalue weighted by molar-refractivity contribution is 0.0951. The Labute approximate surface area is 72.5 Å². The van der Waals surface area contributed by atoms with Crippen LogP contribution in [0.2, 0.25) is 0 Å². The third-order valence-corrected chi connectivity index (χ3v) is 1.97. The first kappa shape index (κ1) is 9.23. The second-order valence-electron chi connectivity index (χ2n) is 3.06. The van der Waals surface area contributed by atoms with E-state index in [1.54, 1.807) is 0 Å². The Hall–Kier alpha value is -0.860. The minimum absolute atomic E-state index is 0.218. The number of rotatable bonds is 2. The van der Waals surface area contributed by atoms with E-state index in [-0.39, 0.29) is 6.61 Å². The molecular weight excluding hydrogens is 152 g/mol. The highest BCUT2D eigenvalue weighted by Gasteiger charge is 2.08. The maximum absolute atomic E-state index is 9.38. The van der Waals surface area contributed by atoms with Crippen molar-refractivity contribution in [2.24, 2.45) is 0 Å². The first-order valence-electron chi connectivity index (χ1n) is 4.01. The van der Waals surface area contributed by atoms with Crippen molar-refractivity contribution < 1.29 is 10.2 Å². The molecule has 66 valence electrons. The Morgan fingerprint density at radius 1 is 1.33 bits per heavy atom. The molecule has 2 N–H and O–H groups in total. The summed E-state index contributed by atoms with van der Waals surface area (Å²) >= 11 is 0. The van der Waals surface area contributed by atoms with Crippen LogP contribution in [-0.2, 0) is 0 Å². The van der Waals surface area contributed by atoms with Crippen LogP contribution in [0.25, 0.3) is 0 Å². The Bertz CT molecular complexity index is 269. The highest BCUT2D eigenvalue weighted by atomic mass is 16.3. The molecule has 0 bridgehead atoms. The number of aryl methyl sites for hydroxylation is 2. The van der Waals surface area contributed by atoms with Crippen LogP contribution in [0.15, 0.2) is 18.2 Å². The van der Waals surface area contributed by atoms with Gasteiger partial charge in [-0.15, -0.1) is 0 Å². The van der Waals surface area contributed by atoms with Gasteiger partial charge in [-0.25, -0.2) is 0 Å². The van der Waals surface area contributed by atoms with Gasteiger partial charge in [0.25, 0.3) is 0 Å². The summed E-state index contributed by atoms with van der Waals surface area (Å²) in [5.41, 5.74) is 2.93. The van der Waals surface area contributed by atoms with Crippen LogP contribution >= 0.6 is 0 Å². The second-order valence-corrected chi connectivity index (χ2v) is 3.06. The van der Waals surface area contributed by atoms with E-state index in [0.29, 0.717) is 0 Å². The zero-order valence-corrected chi connectivity index (χ0v) is 7.41. The molecule has 0 radical (unpaired) electrons. The maximum Gasteiger partial charge on any atom is 0.102 e. The molecule has 12 heavy (non-hydrogen) atoms. The van der Waals surface area contributed by atoms with E-state index in [0.717, 1.165) is 16.7 Å². The van der Waals surface area contributed by atoms with Crippen molar-refractivity contribution >= 4 is 0 Å². The molecule has 1 aromatic rings. The Balaban J connectivity index is 3.04. The number of aliphatic hydroxyl groups is 2. The predicted octanol–water partition coefficient (Wildman–Crippen LogP) is 1.33. The fourth-order valence-corrected chi connectivity index (χ4v) is 1.22. The minimum atomic E-state index is -0.745. The van der Waals surface area contributed by atoms with Crippen LogP contribution in [0.3, 0.4) is 0 Å². The van der Waals surface area contributed by atoms with Crippen molar-refractivity contribution in [2.75, 3.05) is 6.61 Å². The molecular formula is C10H14O2. The van der Waals surface area contributed by atoms with Gasteiger partial charge < -0.3 is 10.2 Å². The molecule has 1 atom stereocenters. The molecule has 0 aliphatic heterocycles. The first-order chi connectivity index (χ1) is 5.65. The summed E-state index contributed by atoms with van der Waals surface area (Å²) in [7, 11) is 0. The zero-order valence-electron chi connectivity index (χ0n) is 7.41. The van der Waals surface area contributed by atoms with E-state index in [1.807, 2.05) is 32.0 Å². The van der Waals surface area contributed by atoms with Gasteiger partial charge in [0.1, 0.15) is 6.10 Å². The molecule has 2 heteroatoms.